The normalized spacial score (nSPS) is 9.94. The Morgan fingerprint density at radius 3 is 2.65 bits per heavy atom. The fourth-order valence-electron chi connectivity index (χ4n) is 1.42. The van der Waals surface area contributed by atoms with Crippen LogP contribution in [0, 0.1) is 6.92 Å². The number of anilines is 2. The Labute approximate surface area is 98.7 Å². The topological polar surface area (TPSA) is 80.9 Å². The minimum absolute atomic E-state index is 0.214. The van der Waals surface area contributed by atoms with E-state index < -0.39 is 0 Å². The number of aryl methyl sites for hydroxylation is 1. The molecule has 5 nitrogen and oxygen atoms in total. The first-order valence-electron chi connectivity index (χ1n) is 5.12. The Morgan fingerprint density at radius 2 is 1.94 bits per heavy atom. The number of nitrogen functional groups attached to an aromatic ring is 1. The summed E-state index contributed by atoms with van der Waals surface area (Å²) in [5.74, 6) is -0.0711. The van der Waals surface area contributed by atoms with Gasteiger partial charge in [-0.3, -0.25) is 9.78 Å². The molecule has 0 radical (unpaired) electrons. The number of aromatic nitrogens is 2. The molecule has 17 heavy (non-hydrogen) atoms. The Hall–Kier alpha value is -2.43. The van der Waals surface area contributed by atoms with Gasteiger partial charge in [0.25, 0.3) is 5.91 Å². The number of amides is 1. The number of rotatable bonds is 2. The lowest BCUT2D eigenvalue weighted by Crippen LogP contribution is -2.15. The van der Waals surface area contributed by atoms with Crippen molar-refractivity contribution < 1.29 is 4.79 Å². The zero-order valence-electron chi connectivity index (χ0n) is 9.34. The summed E-state index contributed by atoms with van der Waals surface area (Å²) < 4.78 is 0. The number of nitrogens with two attached hydrogens (primary N) is 1. The zero-order chi connectivity index (χ0) is 12.3. The second-order valence-corrected chi connectivity index (χ2v) is 3.53. The molecule has 0 aromatic carbocycles. The maximum Gasteiger partial charge on any atom is 0.259 e. The van der Waals surface area contributed by atoms with Crippen LogP contribution in [0.2, 0.25) is 0 Å². The van der Waals surface area contributed by atoms with E-state index in [9.17, 15) is 4.79 Å². The highest BCUT2D eigenvalue weighted by Crippen LogP contribution is 2.14. The average molecular weight is 228 g/mol. The first-order valence-corrected chi connectivity index (χ1v) is 5.12. The molecule has 1 amide bonds. The number of hydrogen-bond acceptors (Lipinski definition) is 4. The van der Waals surface area contributed by atoms with Crippen LogP contribution >= 0.6 is 0 Å². The van der Waals surface area contributed by atoms with Crippen molar-refractivity contribution in [1.82, 2.24) is 9.97 Å². The summed E-state index contributed by atoms with van der Waals surface area (Å²) in [4.78, 5) is 19.9. The van der Waals surface area contributed by atoms with E-state index in [0.717, 1.165) is 5.69 Å². The molecule has 0 unspecified atom stereocenters. The molecule has 2 rings (SSSR count). The molecule has 5 heteroatoms. The van der Waals surface area contributed by atoms with E-state index in [1.165, 1.54) is 0 Å². The van der Waals surface area contributed by atoms with E-state index in [1.807, 2.05) is 6.92 Å². The second-order valence-electron chi connectivity index (χ2n) is 3.53. The zero-order valence-corrected chi connectivity index (χ0v) is 9.34. The van der Waals surface area contributed by atoms with Crippen molar-refractivity contribution in [2.45, 2.75) is 6.92 Å². The molecule has 0 aliphatic rings. The molecular formula is C12H12N4O. The molecule has 3 N–H and O–H groups in total. The molecule has 0 atom stereocenters. The third-order valence-electron chi connectivity index (χ3n) is 2.34. The smallest absolute Gasteiger partial charge is 0.259 e. The van der Waals surface area contributed by atoms with Crippen LogP contribution < -0.4 is 11.1 Å². The van der Waals surface area contributed by atoms with Gasteiger partial charge >= 0.3 is 0 Å². The number of nitrogens with one attached hydrogen (secondary N) is 1. The molecule has 2 heterocycles. The van der Waals surface area contributed by atoms with E-state index in [4.69, 9.17) is 5.73 Å². The molecule has 2 aromatic rings. The fraction of sp³-hybridized carbons (Fsp3) is 0.0833. The lowest BCUT2D eigenvalue weighted by molar-refractivity contribution is 0.102. The summed E-state index contributed by atoms with van der Waals surface area (Å²) in [6.45, 7) is 1.82. The van der Waals surface area contributed by atoms with Gasteiger partial charge in [0.05, 0.1) is 16.9 Å². The van der Waals surface area contributed by atoms with E-state index in [-0.39, 0.29) is 11.7 Å². The molecule has 0 aliphatic carbocycles. The Bertz CT molecular complexity index is 554. The SMILES string of the molecule is Cc1ncccc1NC(=O)c1cccnc1N. The highest BCUT2D eigenvalue weighted by atomic mass is 16.1. The number of nitrogens with zero attached hydrogens (tertiary/aromatic N) is 2. The Morgan fingerprint density at radius 1 is 1.24 bits per heavy atom. The van der Waals surface area contributed by atoms with Crippen molar-refractivity contribution in [3.63, 3.8) is 0 Å². The van der Waals surface area contributed by atoms with E-state index in [2.05, 4.69) is 15.3 Å². The Balaban J connectivity index is 2.24. The van der Waals surface area contributed by atoms with Gasteiger partial charge in [-0.25, -0.2) is 4.98 Å². The summed E-state index contributed by atoms with van der Waals surface area (Å²) in [6.07, 6.45) is 3.21. The van der Waals surface area contributed by atoms with Crippen LogP contribution in [0.3, 0.4) is 0 Å². The van der Waals surface area contributed by atoms with Crippen molar-refractivity contribution in [2.24, 2.45) is 0 Å². The van der Waals surface area contributed by atoms with Crippen molar-refractivity contribution in [3.8, 4) is 0 Å². The minimum Gasteiger partial charge on any atom is -0.383 e. The van der Waals surface area contributed by atoms with Gasteiger partial charge in [0.15, 0.2) is 0 Å². The summed E-state index contributed by atoms with van der Waals surface area (Å²) in [6, 6.07) is 6.84. The van der Waals surface area contributed by atoms with Crippen LogP contribution in [0.1, 0.15) is 16.1 Å². The number of carbonyl (C=O) groups excluding carboxylic acids is 1. The van der Waals surface area contributed by atoms with Gasteiger partial charge in [-0.1, -0.05) is 0 Å². The van der Waals surface area contributed by atoms with Gasteiger partial charge < -0.3 is 11.1 Å². The molecular weight excluding hydrogens is 216 g/mol. The van der Waals surface area contributed by atoms with E-state index in [0.29, 0.717) is 11.3 Å². The van der Waals surface area contributed by atoms with E-state index >= 15 is 0 Å². The monoisotopic (exact) mass is 228 g/mol. The largest absolute Gasteiger partial charge is 0.383 e. The number of pyridine rings is 2. The number of carbonyl (C=O) groups is 1. The minimum atomic E-state index is -0.285. The molecule has 0 spiro atoms. The lowest BCUT2D eigenvalue weighted by atomic mass is 10.2. The van der Waals surface area contributed by atoms with Gasteiger partial charge in [0.2, 0.25) is 0 Å². The second kappa shape index (κ2) is 4.61. The summed E-state index contributed by atoms with van der Waals surface area (Å²) >= 11 is 0. The first kappa shape index (κ1) is 11.1. The van der Waals surface area contributed by atoms with Crippen molar-refractivity contribution in [1.29, 1.82) is 0 Å². The van der Waals surface area contributed by atoms with Crippen LogP contribution in [0.5, 0.6) is 0 Å². The molecule has 0 aliphatic heterocycles. The van der Waals surface area contributed by atoms with E-state index in [1.54, 1.807) is 36.7 Å². The molecule has 0 saturated carbocycles. The fourth-order valence-corrected chi connectivity index (χ4v) is 1.42. The maximum absolute atomic E-state index is 11.9. The molecule has 0 fully saturated rings. The van der Waals surface area contributed by atoms with Gasteiger partial charge in [-0.15, -0.1) is 0 Å². The maximum atomic E-state index is 11.9. The van der Waals surface area contributed by atoms with Crippen molar-refractivity contribution in [2.75, 3.05) is 11.1 Å². The van der Waals surface area contributed by atoms with Crippen molar-refractivity contribution in [3.05, 3.63) is 47.9 Å². The van der Waals surface area contributed by atoms with Crippen LogP contribution in [-0.2, 0) is 0 Å². The lowest BCUT2D eigenvalue weighted by Gasteiger charge is -2.08. The average Bonchev–Trinajstić information content (AvgIpc) is 2.32. The van der Waals surface area contributed by atoms with Crippen LogP contribution in [0.4, 0.5) is 11.5 Å². The Kier molecular flexibility index (Phi) is 3.00. The summed E-state index contributed by atoms with van der Waals surface area (Å²) in [5.41, 5.74) is 7.40. The quantitative estimate of drug-likeness (QED) is 0.818. The highest BCUT2D eigenvalue weighted by molar-refractivity contribution is 6.07. The van der Waals surface area contributed by atoms with Gasteiger partial charge in [-0.2, -0.15) is 0 Å². The van der Waals surface area contributed by atoms with Crippen LogP contribution in [0.25, 0.3) is 0 Å². The predicted molar refractivity (Wildman–Crippen MR) is 65.6 cm³/mol. The predicted octanol–water partition coefficient (Wildman–Crippen LogP) is 1.62. The van der Waals surface area contributed by atoms with Crippen LogP contribution in [-0.4, -0.2) is 15.9 Å². The van der Waals surface area contributed by atoms with Crippen molar-refractivity contribution >= 4 is 17.4 Å². The molecule has 0 bridgehead atoms. The molecule has 0 saturated heterocycles. The van der Waals surface area contributed by atoms with Gasteiger partial charge in [-0.05, 0) is 31.2 Å². The van der Waals surface area contributed by atoms with Gasteiger partial charge in [0, 0.05) is 12.4 Å². The van der Waals surface area contributed by atoms with Crippen LogP contribution in [0.15, 0.2) is 36.7 Å². The number of hydrogen-bond donors (Lipinski definition) is 2. The third kappa shape index (κ3) is 2.39. The summed E-state index contributed by atoms with van der Waals surface area (Å²) in [7, 11) is 0. The standard InChI is InChI=1S/C12H12N4O/c1-8-10(5-3-6-14-8)16-12(17)9-4-2-7-15-11(9)13/h2-7H,1H3,(H2,13,15)(H,16,17). The third-order valence-corrected chi connectivity index (χ3v) is 2.34. The molecule has 2 aromatic heterocycles. The van der Waals surface area contributed by atoms with Gasteiger partial charge in [0.1, 0.15) is 5.82 Å². The summed E-state index contributed by atoms with van der Waals surface area (Å²) in [5, 5.41) is 2.75. The molecule has 86 valence electrons. The highest BCUT2D eigenvalue weighted by Gasteiger charge is 2.11. The first-order chi connectivity index (χ1) is 8.18.